The molecule has 5 heteroatoms. The van der Waals surface area contributed by atoms with Gasteiger partial charge in [-0.15, -0.1) is 0 Å². The van der Waals surface area contributed by atoms with E-state index in [0.717, 1.165) is 11.3 Å². The number of rotatable bonds is 4. The molecular weight excluding hydrogens is 242 g/mol. The highest BCUT2D eigenvalue weighted by Gasteiger charge is 2.11. The van der Waals surface area contributed by atoms with Gasteiger partial charge in [-0.05, 0) is 24.6 Å². The summed E-state index contributed by atoms with van der Waals surface area (Å²) in [6, 6.07) is 7.47. The average molecular weight is 257 g/mol. The first-order chi connectivity index (χ1) is 9.20. The van der Waals surface area contributed by atoms with Crippen molar-refractivity contribution >= 4 is 5.91 Å². The summed E-state index contributed by atoms with van der Waals surface area (Å²) in [5, 5.41) is 2.89. The predicted molar refractivity (Wildman–Crippen MR) is 70.9 cm³/mol. The SMILES string of the molecule is COc1ccc(C(C)NC(=O)c2cncnc2)cc1. The lowest BCUT2D eigenvalue weighted by molar-refractivity contribution is 0.0939. The van der Waals surface area contributed by atoms with E-state index in [2.05, 4.69) is 15.3 Å². The Morgan fingerprint density at radius 1 is 1.21 bits per heavy atom. The van der Waals surface area contributed by atoms with Crippen LogP contribution in [-0.4, -0.2) is 23.0 Å². The van der Waals surface area contributed by atoms with Crippen molar-refractivity contribution in [2.75, 3.05) is 7.11 Å². The van der Waals surface area contributed by atoms with E-state index in [-0.39, 0.29) is 11.9 Å². The summed E-state index contributed by atoms with van der Waals surface area (Å²) in [6.45, 7) is 1.92. The smallest absolute Gasteiger partial charge is 0.254 e. The molecule has 0 aliphatic heterocycles. The summed E-state index contributed by atoms with van der Waals surface area (Å²) < 4.78 is 5.10. The zero-order valence-corrected chi connectivity index (χ0v) is 10.8. The van der Waals surface area contributed by atoms with E-state index in [1.165, 1.54) is 18.7 Å². The second-order valence-electron chi connectivity index (χ2n) is 4.10. The van der Waals surface area contributed by atoms with E-state index in [1.54, 1.807) is 7.11 Å². The van der Waals surface area contributed by atoms with Gasteiger partial charge in [0.05, 0.1) is 18.7 Å². The van der Waals surface area contributed by atoms with Gasteiger partial charge >= 0.3 is 0 Å². The zero-order chi connectivity index (χ0) is 13.7. The van der Waals surface area contributed by atoms with Crippen LogP contribution >= 0.6 is 0 Å². The van der Waals surface area contributed by atoms with Gasteiger partial charge in [0.25, 0.3) is 5.91 Å². The molecule has 19 heavy (non-hydrogen) atoms. The minimum atomic E-state index is -0.191. The first-order valence-corrected chi connectivity index (χ1v) is 5.90. The highest BCUT2D eigenvalue weighted by molar-refractivity contribution is 5.93. The summed E-state index contributed by atoms with van der Waals surface area (Å²) in [7, 11) is 1.62. The van der Waals surface area contributed by atoms with Gasteiger partial charge in [-0.2, -0.15) is 0 Å². The maximum atomic E-state index is 11.9. The molecule has 0 aliphatic rings. The number of hydrogen-bond donors (Lipinski definition) is 1. The van der Waals surface area contributed by atoms with Crippen LogP contribution in [0.3, 0.4) is 0 Å². The number of benzene rings is 1. The lowest BCUT2D eigenvalue weighted by atomic mass is 10.1. The van der Waals surface area contributed by atoms with Crippen LogP contribution in [0.25, 0.3) is 0 Å². The number of amides is 1. The monoisotopic (exact) mass is 257 g/mol. The number of nitrogens with zero attached hydrogens (tertiary/aromatic N) is 2. The standard InChI is InChI=1S/C14H15N3O2/c1-10(11-3-5-13(19-2)6-4-11)17-14(18)12-7-15-9-16-8-12/h3-10H,1-2H3,(H,17,18). The van der Waals surface area contributed by atoms with Crippen LogP contribution in [0.4, 0.5) is 0 Å². The van der Waals surface area contributed by atoms with Gasteiger partial charge in [0.15, 0.2) is 0 Å². The largest absolute Gasteiger partial charge is 0.497 e. The van der Waals surface area contributed by atoms with Crippen LogP contribution in [-0.2, 0) is 0 Å². The van der Waals surface area contributed by atoms with Crippen molar-refractivity contribution in [3.8, 4) is 5.75 Å². The number of carbonyl (C=O) groups is 1. The summed E-state index contributed by atoms with van der Waals surface area (Å²) >= 11 is 0. The Hall–Kier alpha value is -2.43. The van der Waals surface area contributed by atoms with Gasteiger partial charge in [-0.3, -0.25) is 4.79 Å². The first kappa shape index (κ1) is 13.0. The summed E-state index contributed by atoms with van der Waals surface area (Å²) in [5.74, 6) is 0.600. The molecule has 0 radical (unpaired) electrons. The molecular formula is C14H15N3O2. The minimum absolute atomic E-state index is 0.0985. The van der Waals surface area contributed by atoms with Gasteiger partial charge < -0.3 is 10.1 Å². The van der Waals surface area contributed by atoms with Crippen LogP contribution in [0.1, 0.15) is 28.9 Å². The fourth-order valence-corrected chi connectivity index (χ4v) is 1.67. The highest BCUT2D eigenvalue weighted by atomic mass is 16.5. The zero-order valence-electron chi connectivity index (χ0n) is 10.8. The Morgan fingerprint density at radius 3 is 2.42 bits per heavy atom. The van der Waals surface area contributed by atoms with Gasteiger partial charge in [0.2, 0.25) is 0 Å². The van der Waals surface area contributed by atoms with Crippen molar-refractivity contribution < 1.29 is 9.53 Å². The number of aromatic nitrogens is 2. The van der Waals surface area contributed by atoms with Crippen LogP contribution in [0.5, 0.6) is 5.75 Å². The Kier molecular flexibility index (Phi) is 4.07. The van der Waals surface area contributed by atoms with E-state index >= 15 is 0 Å². The molecule has 0 aliphatic carbocycles. The third kappa shape index (κ3) is 3.28. The Labute approximate surface area is 111 Å². The minimum Gasteiger partial charge on any atom is -0.497 e. The van der Waals surface area contributed by atoms with Crippen molar-refractivity contribution in [2.45, 2.75) is 13.0 Å². The highest BCUT2D eigenvalue weighted by Crippen LogP contribution is 2.17. The third-order valence-electron chi connectivity index (χ3n) is 2.79. The molecule has 5 nitrogen and oxygen atoms in total. The molecule has 1 heterocycles. The molecule has 0 fully saturated rings. The van der Waals surface area contributed by atoms with Crippen LogP contribution < -0.4 is 10.1 Å². The lowest BCUT2D eigenvalue weighted by Crippen LogP contribution is -2.26. The second-order valence-corrected chi connectivity index (χ2v) is 4.10. The van der Waals surface area contributed by atoms with Crippen LogP contribution in [0, 0.1) is 0 Å². The molecule has 1 aromatic carbocycles. The molecule has 1 N–H and O–H groups in total. The number of hydrogen-bond acceptors (Lipinski definition) is 4. The first-order valence-electron chi connectivity index (χ1n) is 5.90. The third-order valence-corrected chi connectivity index (χ3v) is 2.79. The molecule has 98 valence electrons. The summed E-state index contributed by atoms with van der Waals surface area (Å²) in [5.41, 5.74) is 1.45. The van der Waals surface area contributed by atoms with Crippen molar-refractivity contribution in [2.24, 2.45) is 0 Å². The quantitative estimate of drug-likeness (QED) is 0.909. The van der Waals surface area contributed by atoms with Gasteiger partial charge in [0, 0.05) is 12.4 Å². The number of ether oxygens (including phenoxy) is 1. The Bertz CT molecular complexity index is 540. The van der Waals surface area contributed by atoms with Gasteiger partial charge in [0.1, 0.15) is 12.1 Å². The summed E-state index contributed by atoms with van der Waals surface area (Å²) in [4.78, 5) is 19.6. The molecule has 0 saturated heterocycles. The predicted octanol–water partition coefficient (Wildman–Crippen LogP) is 1.98. The maximum Gasteiger partial charge on any atom is 0.254 e. The van der Waals surface area contributed by atoms with E-state index in [1.807, 2.05) is 31.2 Å². The van der Waals surface area contributed by atoms with Crippen molar-refractivity contribution in [1.82, 2.24) is 15.3 Å². The number of methoxy groups -OCH3 is 1. The fourth-order valence-electron chi connectivity index (χ4n) is 1.67. The molecule has 0 bridgehead atoms. The summed E-state index contributed by atoms with van der Waals surface area (Å²) in [6.07, 6.45) is 4.37. The Balaban J connectivity index is 2.04. The molecule has 0 spiro atoms. The fraction of sp³-hybridized carbons (Fsp3) is 0.214. The molecule has 1 amide bonds. The van der Waals surface area contributed by atoms with Gasteiger partial charge in [-0.1, -0.05) is 12.1 Å². The van der Waals surface area contributed by atoms with E-state index in [4.69, 9.17) is 4.74 Å². The van der Waals surface area contributed by atoms with E-state index < -0.39 is 0 Å². The molecule has 1 atom stereocenters. The molecule has 2 aromatic rings. The molecule has 0 saturated carbocycles. The maximum absolute atomic E-state index is 11.9. The van der Waals surface area contributed by atoms with Crippen molar-refractivity contribution in [1.29, 1.82) is 0 Å². The van der Waals surface area contributed by atoms with Gasteiger partial charge in [-0.25, -0.2) is 9.97 Å². The van der Waals surface area contributed by atoms with E-state index in [9.17, 15) is 4.79 Å². The average Bonchev–Trinajstić information content (AvgIpc) is 2.48. The molecule has 1 unspecified atom stereocenters. The van der Waals surface area contributed by atoms with Crippen molar-refractivity contribution in [3.63, 3.8) is 0 Å². The number of nitrogens with one attached hydrogen (secondary N) is 1. The Morgan fingerprint density at radius 2 is 1.84 bits per heavy atom. The lowest BCUT2D eigenvalue weighted by Gasteiger charge is -2.14. The van der Waals surface area contributed by atoms with Crippen LogP contribution in [0.15, 0.2) is 43.0 Å². The van der Waals surface area contributed by atoms with Crippen molar-refractivity contribution in [3.05, 3.63) is 54.1 Å². The normalized spacial score (nSPS) is 11.7. The number of carbonyl (C=O) groups excluding carboxylic acids is 1. The van der Waals surface area contributed by atoms with Crippen LogP contribution in [0.2, 0.25) is 0 Å². The molecule has 2 rings (SSSR count). The molecule has 1 aromatic heterocycles. The van der Waals surface area contributed by atoms with E-state index in [0.29, 0.717) is 5.56 Å². The second kappa shape index (κ2) is 5.95. The topological polar surface area (TPSA) is 64.1 Å².